The summed E-state index contributed by atoms with van der Waals surface area (Å²) in [6.07, 6.45) is 1.16. The minimum Gasteiger partial charge on any atom is -0.490 e. The highest BCUT2D eigenvalue weighted by Crippen LogP contribution is 2.29. The molecule has 2 aromatic rings. The number of H-pyrrole nitrogens is 1. The number of likely N-dealkylation sites (N-methyl/N-ethyl adjacent to an activating group) is 1. The molecule has 0 aliphatic carbocycles. The lowest BCUT2D eigenvalue weighted by Gasteiger charge is -2.20. The Morgan fingerprint density at radius 3 is 2.72 bits per heavy atom. The number of carbonyl (C=O) groups is 1. The van der Waals surface area contributed by atoms with Crippen LogP contribution in [-0.4, -0.2) is 47.8 Å². The number of amides is 1. The van der Waals surface area contributed by atoms with Crippen molar-refractivity contribution in [3.63, 3.8) is 0 Å². The highest BCUT2D eigenvalue weighted by Gasteiger charge is 2.18. The molecule has 2 N–H and O–H groups in total. The van der Waals surface area contributed by atoms with Gasteiger partial charge in [-0.2, -0.15) is 5.10 Å². The minimum absolute atomic E-state index is 0.0900. The van der Waals surface area contributed by atoms with Crippen LogP contribution in [0.3, 0.4) is 0 Å². The molecule has 1 aromatic carbocycles. The third kappa shape index (κ3) is 5.49. The molecular weight excluding hydrogens is 320 g/mol. The fraction of sp³-hybridized carbons (Fsp3) is 0.444. The van der Waals surface area contributed by atoms with E-state index in [4.69, 9.17) is 9.47 Å². The summed E-state index contributed by atoms with van der Waals surface area (Å²) < 4.78 is 11.5. The molecule has 0 bridgehead atoms. The van der Waals surface area contributed by atoms with Gasteiger partial charge in [-0.1, -0.05) is 6.07 Å². The topological polar surface area (TPSA) is 79.5 Å². The van der Waals surface area contributed by atoms with Gasteiger partial charge in [-0.05, 0) is 37.6 Å². The average molecular weight is 346 g/mol. The van der Waals surface area contributed by atoms with Crippen molar-refractivity contribution in [2.45, 2.75) is 33.0 Å². The SMILES string of the molecule is CCOc1cc(CNCc2ccn[nH]2)ccc1O[C@H](C)C(=O)N(C)C. The lowest BCUT2D eigenvalue weighted by atomic mass is 10.2. The Kier molecular flexibility index (Phi) is 6.82. The van der Waals surface area contributed by atoms with Gasteiger partial charge in [0.2, 0.25) is 0 Å². The van der Waals surface area contributed by atoms with Gasteiger partial charge in [0.05, 0.1) is 6.61 Å². The number of ether oxygens (including phenoxy) is 2. The average Bonchev–Trinajstić information content (AvgIpc) is 3.09. The molecule has 0 radical (unpaired) electrons. The third-order valence-corrected chi connectivity index (χ3v) is 3.60. The minimum atomic E-state index is -0.571. The molecule has 1 atom stereocenters. The lowest BCUT2D eigenvalue weighted by molar-refractivity contribution is -0.135. The summed E-state index contributed by atoms with van der Waals surface area (Å²) in [6, 6.07) is 7.67. The van der Waals surface area contributed by atoms with Crippen molar-refractivity contribution in [2.24, 2.45) is 0 Å². The van der Waals surface area contributed by atoms with Gasteiger partial charge in [-0.3, -0.25) is 9.89 Å². The Bertz CT molecular complexity index is 671. The van der Waals surface area contributed by atoms with Crippen LogP contribution in [0.4, 0.5) is 0 Å². The van der Waals surface area contributed by atoms with Gasteiger partial charge in [-0.25, -0.2) is 0 Å². The molecule has 0 saturated carbocycles. The number of carbonyl (C=O) groups excluding carboxylic acids is 1. The largest absolute Gasteiger partial charge is 0.490 e. The van der Waals surface area contributed by atoms with E-state index in [9.17, 15) is 4.79 Å². The second-order valence-electron chi connectivity index (χ2n) is 5.89. The van der Waals surface area contributed by atoms with Crippen molar-refractivity contribution in [3.8, 4) is 11.5 Å². The van der Waals surface area contributed by atoms with Gasteiger partial charge >= 0.3 is 0 Å². The van der Waals surface area contributed by atoms with E-state index >= 15 is 0 Å². The predicted octanol–water partition coefficient (Wildman–Crippen LogP) is 1.95. The molecule has 2 rings (SSSR count). The zero-order valence-corrected chi connectivity index (χ0v) is 15.2. The molecule has 0 unspecified atom stereocenters. The molecule has 25 heavy (non-hydrogen) atoms. The van der Waals surface area contributed by atoms with Crippen LogP contribution < -0.4 is 14.8 Å². The van der Waals surface area contributed by atoms with E-state index in [0.29, 0.717) is 31.2 Å². The zero-order valence-electron chi connectivity index (χ0n) is 15.2. The van der Waals surface area contributed by atoms with Crippen LogP contribution in [0.2, 0.25) is 0 Å². The van der Waals surface area contributed by atoms with E-state index in [0.717, 1.165) is 11.3 Å². The second kappa shape index (κ2) is 9.08. The number of aromatic amines is 1. The van der Waals surface area contributed by atoms with Crippen LogP contribution >= 0.6 is 0 Å². The summed E-state index contributed by atoms with van der Waals surface area (Å²) >= 11 is 0. The van der Waals surface area contributed by atoms with Crippen molar-refractivity contribution >= 4 is 5.91 Å². The number of hydrogen-bond donors (Lipinski definition) is 2. The van der Waals surface area contributed by atoms with E-state index in [1.807, 2.05) is 31.2 Å². The highest BCUT2D eigenvalue weighted by atomic mass is 16.5. The number of benzene rings is 1. The fourth-order valence-electron chi connectivity index (χ4n) is 2.36. The van der Waals surface area contributed by atoms with E-state index in [-0.39, 0.29) is 5.91 Å². The Morgan fingerprint density at radius 2 is 2.08 bits per heavy atom. The van der Waals surface area contributed by atoms with Gasteiger partial charge in [0.25, 0.3) is 5.91 Å². The summed E-state index contributed by atoms with van der Waals surface area (Å²) in [5, 5.41) is 10.2. The quantitative estimate of drug-likeness (QED) is 0.725. The van der Waals surface area contributed by atoms with Crippen LogP contribution in [0.1, 0.15) is 25.1 Å². The van der Waals surface area contributed by atoms with Gasteiger partial charge in [0.1, 0.15) is 0 Å². The summed E-state index contributed by atoms with van der Waals surface area (Å²) in [5.74, 6) is 1.12. The Hall–Kier alpha value is -2.54. The van der Waals surface area contributed by atoms with Crippen molar-refractivity contribution < 1.29 is 14.3 Å². The van der Waals surface area contributed by atoms with Crippen LogP contribution in [0.15, 0.2) is 30.5 Å². The first-order valence-electron chi connectivity index (χ1n) is 8.33. The van der Waals surface area contributed by atoms with E-state index in [2.05, 4.69) is 15.5 Å². The fourth-order valence-corrected chi connectivity index (χ4v) is 2.36. The first kappa shape index (κ1) is 18.8. The molecule has 7 heteroatoms. The van der Waals surface area contributed by atoms with E-state index in [1.165, 1.54) is 4.90 Å². The monoisotopic (exact) mass is 346 g/mol. The van der Waals surface area contributed by atoms with Crippen LogP contribution in [0.25, 0.3) is 0 Å². The van der Waals surface area contributed by atoms with Gasteiger partial charge in [0.15, 0.2) is 17.6 Å². The Balaban J connectivity index is 2.01. The Labute approximate surface area is 148 Å². The lowest BCUT2D eigenvalue weighted by Crippen LogP contribution is -2.35. The maximum atomic E-state index is 12.0. The normalized spacial score (nSPS) is 11.8. The van der Waals surface area contributed by atoms with Gasteiger partial charge < -0.3 is 19.7 Å². The number of nitrogens with one attached hydrogen (secondary N) is 2. The van der Waals surface area contributed by atoms with Crippen molar-refractivity contribution in [3.05, 3.63) is 41.7 Å². The van der Waals surface area contributed by atoms with Gasteiger partial charge in [-0.15, -0.1) is 0 Å². The second-order valence-corrected chi connectivity index (χ2v) is 5.89. The number of nitrogens with zero attached hydrogens (tertiary/aromatic N) is 2. The van der Waals surface area contributed by atoms with Crippen LogP contribution in [0, 0.1) is 0 Å². The number of aromatic nitrogens is 2. The van der Waals surface area contributed by atoms with Gasteiger partial charge in [0, 0.05) is 39.1 Å². The molecule has 0 spiro atoms. The molecule has 1 aromatic heterocycles. The highest BCUT2D eigenvalue weighted by molar-refractivity contribution is 5.80. The predicted molar refractivity (Wildman–Crippen MR) is 95.5 cm³/mol. The number of hydrogen-bond acceptors (Lipinski definition) is 5. The Morgan fingerprint density at radius 1 is 1.28 bits per heavy atom. The van der Waals surface area contributed by atoms with Crippen molar-refractivity contribution in [2.75, 3.05) is 20.7 Å². The molecule has 0 fully saturated rings. The maximum absolute atomic E-state index is 12.0. The molecule has 7 nitrogen and oxygen atoms in total. The third-order valence-electron chi connectivity index (χ3n) is 3.60. The van der Waals surface area contributed by atoms with E-state index in [1.54, 1.807) is 27.2 Å². The molecule has 136 valence electrons. The van der Waals surface area contributed by atoms with Crippen LogP contribution in [-0.2, 0) is 17.9 Å². The summed E-state index contributed by atoms with van der Waals surface area (Å²) in [5.41, 5.74) is 2.10. The summed E-state index contributed by atoms with van der Waals surface area (Å²) in [7, 11) is 3.42. The van der Waals surface area contributed by atoms with E-state index < -0.39 is 6.10 Å². The molecule has 0 aliphatic heterocycles. The molecule has 1 amide bonds. The van der Waals surface area contributed by atoms with Crippen molar-refractivity contribution in [1.82, 2.24) is 20.4 Å². The number of rotatable bonds is 9. The maximum Gasteiger partial charge on any atom is 0.262 e. The molecular formula is C18H26N4O3. The molecule has 0 aliphatic rings. The zero-order chi connectivity index (χ0) is 18.2. The van der Waals surface area contributed by atoms with Crippen LogP contribution in [0.5, 0.6) is 11.5 Å². The summed E-state index contributed by atoms with van der Waals surface area (Å²) in [4.78, 5) is 13.5. The first-order chi connectivity index (χ1) is 12.0. The standard InChI is InChI=1S/C18H26N4O3/c1-5-24-17-10-14(11-19-12-15-8-9-20-21-15)6-7-16(17)25-13(2)18(23)22(3)4/h6-10,13,19H,5,11-12H2,1-4H3,(H,20,21)/t13-/m1/s1. The summed E-state index contributed by atoms with van der Waals surface area (Å²) in [6.45, 7) is 5.57. The molecule has 0 saturated heterocycles. The first-order valence-corrected chi connectivity index (χ1v) is 8.33. The smallest absolute Gasteiger partial charge is 0.262 e. The molecule has 1 heterocycles. The van der Waals surface area contributed by atoms with Crippen molar-refractivity contribution in [1.29, 1.82) is 0 Å².